The van der Waals surface area contributed by atoms with Crippen LogP contribution in [0.1, 0.15) is 57.8 Å². The SMILES string of the molecule is O=C(CC12CC3CC(CC(C3)C1)C2)N1CCN(c2ccc([N+](=O)[O-])c(NC3CC3)c2)CC1. The van der Waals surface area contributed by atoms with Crippen LogP contribution in [0.3, 0.4) is 0 Å². The van der Waals surface area contributed by atoms with Crippen molar-refractivity contribution in [1.82, 2.24) is 4.90 Å². The van der Waals surface area contributed by atoms with E-state index < -0.39 is 0 Å². The first-order valence-corrected chi connectivity index (χ1v) is 12.5. The van der Waals surface area contributed by atoms with E-state index in [1.807, 2.05) is 12.1 Å². The highest BCUT2D eigenvalue weighted by Gasteiger charge is 2.51. The van der Waals surface area contributed by atoms with Crippen LogP contribution in [0, 0.1) is 33.3 Å². The summed E-state index contributed by atoms with van der Waals surface area (Å²) in [5.74, 6) is 3.00. The first-order valence-electron chi connectivity index (χ1n) is 12.5. The number of hydrogen-bond acceptors (Lipinski definition) is 5. The zero-order chi connectivity index (χ0) is 21.9. The van der Waals surface area contributed by atoms with Crippen LogP contribution in [0.2, 0.25) is 0 Å². The number of amides is 1. The second kappa shape index (κ2) is 7.63. The van der Waals surface area contributed by atoms with Crippen LogP contribution in [0.25, 0.3) is 0 Å². The summed E-state index contributed by atoms with van der Waals surface area (Å²) in [7, 11) is 0. The fraction of sp³-hybridized carbons (Fsp3) is 0.720. The molecule has 172 valence electrons. The number of nitrogens with one attached hydrogen (secondary N) is 1. The van der Waals surface area contributed by atoms with E-state index in [9.17, 15) is 14.9 Å². The molecule has 6 fully saturated rings. The Hall–Kier alpha value is -2.31. The standard InChI is InChI=1S/C25H34N4O3/c30-24(16-25-13-17-9-18(14-25)11-19(10-17)15-25)28-7-5-27(6-8-28)21-3-4-23(29(31)32)22(12-21)26-20-1-2-20/h3-4,12,17-20,26H,1-2,5-11,13-16H2. The van der Waals surface area contributed by atoms with Crippen LogP contribution in [-0.2, 0) is 4.79 Å². The van der Waals surface area contributed by atoms with E-state index in [-0.39, 0.29) is 10.6 Å². The van der Waals surface area contributed by atoms with Gasteiger partial charge in [-0.05, 0) is 86.7 Å². The number of piperazine rings is 1. The van der Waals surface area contributed by atoms with Gasteiger partial charge in [0.15, 0.2) is 0 Å². The molecule has 4 bridgehead atoms. The van der Waals surface area contributed by atoms with Crippen molar-refractivity contribution >= 4 is 23.0 Å². The minimum Gasteiger partial charge on any atom is -0.377 e. The van der Waals surface area contributed by atoms with Gasteiger partial charge in [-0.15, -0.1) is 0 Å². The summed E-state index contributed by atoms with van der Waals surface area (Å²) in [6, 6.07) is 5.75. The molecule has 1 amide bonds. The van der Waals surface area contributed by atoms with Gasteiger partial charge in [-0.25, -0.2) is 0 Å². The summed E-state index contributed by atoms with van der Waals surface area (Å²) in [5.41, 5.74) is 2.07. The van der Waals surface area contributed by atoms with Gasteiger partial charge in [-0.1, -0.05) is 0 Å². The van der Waals surface area contributed by atoms with E-state index in [0.717, 1.165) is 68.9 Å². The number of carbonyl (C=O) groups is 1. The molecule has 1 aromatic rings. The summed E-state index contributed by atoms with van der Waals surface area (Å²) in [5, 5.41) is 14.7. The lowest BCUT2D eigenvalue weighted by Gasteiger charge is -2.57. The van der Waals surface area contributed by atoms with Crippen molar-refractivity contribution in [3.63, 3.8) is 0 Å². The van der Waals surface area contributed by atoms with Gasteiger partial charge in [-0.2, -0.15) is 0 Å². The second-order valence-electron chi connectivity index (χ2n) is 11.3. The molecule has 7 nitrogen and oxygen atoms in total. The first-order chi connectivity index (χ1) is 15.5. The Bertz CT molecular complexity index is 884. The lowest BCUT2D eigenvalue weighted by atomic mass is 9.49. The van der Waals surface area contributed by atoms with Crippen molar-refractivity contribution in [2.75, 3.05) is 36.4 Å². The molecule has 0 aromatic heterocycles. The Morgan fingerprint density at radius 3 is 2.22 bits per heavy atom. The van der Waals surface area contributed by atoms with Crippen LogP contribution >= 0.6 is 0 Å². The Morgan fingerprint density at radius 2 is 1.66 bits per heavy atom. The summed E-state index contributed by atoms with van der Waals surface area (Å²) in [6.07, 6.45) is 11.0. The number of benzene rings is 1. The van der Waals surface area contributed by atoms with E-state index in [0.29, 0.717) is 23.1 Å². The molecule has 7 rings (SSSR count). The largest absolute Gasteiger partial charge is 0.377 e. The Balaban J connectivity index is 1.09. The summed E-state index contributed by atoms with van der Waals surface area (Å²) >= 11 is 0. The average molecular weight is 439 g/mol. The third kappa shape index (κ3) is 3.84. The minimum absolute atomic E-state index is 0.144. The maximum Gasteiger partial charge on any atom is 0.292 e. The van der Waals surface area contributed by atoms with Crippen LogP contribution in [-0.4, -0.2) is 48.0 Å². The summed E-state index contributed by atoms with van der Waals surface area (Å²) in [4.78, 5) is 28.7. The van der Waals surface area contributed by atoms with Crippen LogP contribution in [0.5, 0.6) is 0 Å². The molecule has 0 radical (unpaired) electrons. The van der Waals surface area contributed by atoms with Crippen LogP contribution in [0.15, 0.2) is 18.2 Å². The first kappa shape index (κ1) is 20.3. The molecule has 1 N–H and O–H groups in total. The third-order valence-electron chi connectivity index (χ3n) is 8.80. The van der Waals surface area contributed by atoms with Crippen molar-refractivity contribution in [2.45, 2.75) is 63.8 Å². The van der Waals surface area contributed by atoms with Gasteiger partial charge in [0, 0.05) is 50.4 Å². The van der Waals surface area contributed by atoms with Gasteiger partial charge in [-0.3, -0.25) is 14.9 Å². The average Bonchev–Trinajstić information content (AvgIpc) is 3.56. The highest BCUT2D eigenvalue weighted by Crippen LogP contribution is 2.61. The number of carbonyl (C=O) groups excluding carboxylic acids is 1. The molecule has 1 saturated heterocycles. The minimum atomic E-state index is -0.310. The zero-order valence-electron chi connectivity index (χ0n) is 18.8. The fourth-order valence-corrected chi connectivity index (χ4v) is 7.60. The number of hydrogen-bond donors (Lipinski definition) is 1. The predicted octanol–water partition coefficient (Wildman–Crippen LogP) is 4.42. The molecule has 5 aliphatic carbocycles. The smallest absolute Gasteiger partial charge is 0.292 e. The molecule has 0 atom stereocenters. The van der Waals surface area contributed by atoms with Crippen molar-refractivity contribution in [3.8, 4) is 0 Å². The molecular formula is C25H34N4O3. The molecule has 32 heavy (non-hydrogen) atoms. The van der Waals surface area contributed by atoms with Crippen molar-refractivity contribution in [1.29, 1.82) is 0 Å². The molecule has 1 heterocycles. The zero-order valence-corrected chi connectivity index (χ0v) is 18.8. The van der Waals surface area contributed by atoms with Crippen molar-refractivity contribution < 1.29 is 9.72 Å². The second-order valence-corrected chi connectivity index (χ2v) is 11.3. The van der Waals surface area contributed by atoms with Crippen LogP contribution < -0.4 is 10.2 Å². The van der Waals surface area contributed by atoms with E-state index in [1.54, 1.807) is 6.07 Å². The molecule has 1 aliphatic heterocycles. The number of nitrogens with zero attached hydrogens (tertiary/aromatic N) is 3. The van der Waals surface area contributed by atoms with Crippen molar-refractivity contribution in [2.24, 2.45) is 23.2 Å². The highest BCUT2D eigenvalue weighted by molar-refractivity contribution is 5.77. The molecule has 6 aliphatic rings. The Labute approximate surface area is 189 Å². The van der Waals surface area contributed by atoms with Gasteiger partial charge < -0.3 is 15.1 Å². The van der Waals surface area contributed by atoms with E-state index in [1.165, 1.54) is 38.5 Å². The number of rotatable bonds is 6. The lowest BCUT2D eigenvalue weighted by Crippen LogP contribution is -2.52. The number of nitro benzene ring substituents is 1. The molecule has 7 heteroatoms. The van der Waals surface area contributed by atoms with Gasteiger partial charge >= 0.3 is 0 Å². The maximum absolute atomic E-state index is 13.3. The molecule has 0 unspecified atom stereocenters. The fourth-order valence-electron chi connectivity index (χ4n) is 7.60. The monoisotopic (exact) mass is 438 g/mol. The van der Waals surface area contributed by atoms with Gasteiger partial charge in [0.1, 0.15) is 5.69 Å². The normalized spacial score (nSPS) is 33.4. The number of nitro groups is 1. The van der Waals surface area contributed by atoms with Crippen molar-refractivity contribution in [3.05, 3.63) is 28.3 Å². The molecule has 1 aromatic carbocycles. The molecular weight excluding hydrogens is 404 g/mol. The summed E-state index contributed by atoms with van der Waals surface area (Å²) in [6.45, 7) is 3.06. The van der Waals surface area contributed by atoms with E-state index >= 15 is 0 Å². The molecule has 0 spiro atoms. The van der Waals surface area contributed by atoms with E-state index in [4.69, 9.17) is 0 Å². The topological polar surface area (TPSA) is 78.7 Å². The third-order valence-corrected chi connectivity index (χ3v) is 8.80. The van der Waals surface area contributed by atoms with Gasteiger partial charge in [0.25, 0.3) is 5.69 Å². The molecule has 5 saturated carbocycles. The van der Waals surface area contributed by atoms with E-state index in [2.05, 4.69) is 15.1 Å². The summed E-state index contributed by atoms with van der Waals surface area (Å²) < 4.78 is 0. The van der Waals surface area contributed by atoms with Gasteiger partial charge in [0.05, 0.1) is 4.92 Å². The van der Waals surface area contributed by atoms with Crippen LogP contribution in [0.4, 0.5) is 17.1 Å². The highest BCUT2D eigenvalue weighted by atomic mass is 16.6. The maximum atomic E-state index is 13.3. The van der Waals surface area contributed by atoms with Gasteiger partial charge in [0.2, 0.25) is 5.91 Å². The Kier molecular flexibility index (Phi) is 4.84. The number of anilines is 2. The quantitative estimate of drug-likeness (QED) is 0.525. The Morgan fingerprint density at radius 1 is 1.03 bits per heavy atom. The lowest BCUT2D eigenvalue weighted by molar-refractivity contribution is -0.384. The predicted molar refractivity (Wildman–Crippen MR) is 124 cm³/mol.